The zero-order valence-electron chi connectivity index (χ0n) is 20.0. The van der Waals surface area contributed by atoms with Crippen molar-refractivity contribution in [3.8, 4) is 0 Å². The van der Waals surface area contributed by atoms with Crippen LogP contribution in [0, 0.1) is 6.92 Å². The van der Waals surface area contributed by atoms with Gasteiger partial charge in [-0.25, -0.2) is 8.42 Å². The van der Waals surface area contributed by atoms with Crippen molar-refractivity contribution in [2.45, 2.75) is 18.0 Å². The van der Waals surface area contributed by atoms with E-state index in [2.05, 4.69) is 15.9 Å². The summed E-state index contributed by atoms with van der Waals surface area (Å²) in [7, 11) is -4.05. The van der Waals surface area contributed by atoms with Gasteiger partial charge in [-0.05, 0) is 55.5 Å². The van der Waals surface area contributed by atoms with Crippen LogP contribution in [0.2, 0.25) is 0 Å². The number of amides is 1. The molecule has 0 aliphatic carbocycles. The number of carbonyl (C=O) groups excluding carboxylic acids is 1. The molecule has 0 N–H and O–H groups in total. The lowest BCUT2D eigenvalue weighted by molar-refractivity contribution is -0.137. The molecule has 4 rings (SSSR count). The average molecular weight is 596 g/mol. The van der Waals surface area contributed by atoms with Gasteiger partial charge in [-0.3, -0.25) is 9.10 Å². The number of carbonyl (C=O) groups is 1. The number of halogens is 4. The predicted molar refractivity (Wildman–Crippen MR) is 140 cm³/mol. The summed E-state index contributed by atoms with van der Waals surface area (Å²) < 4.78 is 68.2. The molecule has 6 nitrogen and oxygen atoms in total. The quantitative estimate of drug-likeness (QED) is 0.387. The van der Waals surface area contributed by atoms with Crippen molar-refractivity contribution in [1.29, 1.82) is 0 Å². The van der Waals surface area contributed by atoms with Gasteiger partial charge in [0.15, 0.2) is 0 Å². The van der Waals surface area contributed by atoms with Crippen LogP contribution in [0.15, 0.2) is 82.2 Å². The number of anilines is 2. The van der Waals surface area contributed by atoms with E-state index in [1.807, 2.05) is 6.92 Å². The SMILES string of the molecule is Cc1ccc(S(=O)(=O)N(CC(=O)N2CCN(c3cccc(C(F)(F)F)c3)CC2)c2cccc(Br)c2)cc1. The van der Waals surface area contributed by atoms with Gasteiger partial charge in [0.1, 0.15) is 6.54 Å². The zero-order chi connectivity index (χ0) is 26.8. The van der Waals surface area contributed by atoms with Crippen LogP contribution in [-0.4, -0.2) is 51.9 Å². The summed E-state index contributed by atoms with van der Waals surface area (Å²) >= 11 is 3.36. The van der Waals surface area contributed by atoms with Gasteiger partial charge in [-0.1, -0.05) is 45.8 Å². The summed E-state index contributed by atoms with van der Waals surface area (Å²) in [5, 5.41) is 0. The van der Waals surface area contributed by atoms with Gasteiger partial charge >= 0.3 is 6.18 Å². The molecule has 0 unspecified atom stereocenters. The van der Waals surface area contributed by atoms with Crippen molar-refractivity contribution < 1.29 is 26.4 Å². The molecule has 1 aliphatic heterocycles. The molecule has 1 saturated heterocycles. The Kier molecular flexibility index (Phi) is 7.84. The summed E-state index contributed by atoms with van der Waals surface area (Å²) in [5.74, 6) is -0.389. The maximum Gasteiger partial charge on any atom is 0.416 e. The van der Waals surface area contributed by atoms with E-state index in [0.29, 0.717) is 28.9 Å². The van der Waals surface area contributed by atoms with Crippen LogP contribution in [0.3, 0.4) is 0 Å². The smallest absolute Gasteiger partial charge is 0.368 e. The number of hydrogen-bond donors (Lipinski definition) is 0. The molecule has 0 atom stereocenters. The minimum atomic E-state index is -4.44. The summed E-state index contributed by atoms with van der Waals surface area (Å²) in [5.41, 5.74) is 0.947. The van der Waals surface area contributed by atoms with Crippen molar-refractivity contribution >= 4 is 43.2 Å². The van der Waals surface area contributed by atoms with Crippen LogP contribution in [0.1, 0.15) is 11.1 Å². The van der Waals surface area contributed by atoms with Gasteiger partial charge in [0.2, 0.25) is 5.91 Å². The molecule has 1 aliphatic rings. The highest BCUT2D eigenvalue weighted by molar-refractivity contribution is 9.10. The third-order valence-electron chi connectivity index (χ3n) is 6.16. The Bertz CT molecular complexity index is 1370. The monoisotopic (exact) mass is 595 g/mol. The van der Waals surface area contributed by atoms with E-state index in [-0.39, 0.29) is 23.9 Å². The van der Waals surface area contributed by atoms with Crippen molar-refractivity contribution in [2.24, 2.45) is 0 Å². The van der Waals surface area contributed by atoms with Crippen LogP contribution in [0.4, 0.5) is 24.5 Å². The summed E-state index contributed by atoms with van der Waals surface area (Å²) in [4.78, 5) is 16.7. The molecule has 37 heavy (non-hydrogen) atoms. The fraction of sp³-hybridized carbons (Fsp3) is 0.269. The van der Waals surface area contributed by atoms with Crippen LogP contribution in [0.25, 0.3) is 0 Å². The summed E-state index contributed by atoms with van der Waals surface area (Å²) in [6.07, 6.45) is -4.44. The maximum atomic E-state index is 13.6. The molecular formula is C26H25BrF3N3O3S. The number of hydrogen-bond acceptors (Lipinski definition) is 4. The van der Waals surface area contributed by atoms with E-state index in [0.717, 1.165) is 22.0 Å². The van der Waals surface area contributed by atoms with Gasteiger partial charge in [-0.2, -0.15) is 13.2 Å². The second-order valence-corrected chi connectivity index (χ2v) is 11.5. The van der Waals surface area contributed by atoms with Gasteiger partial charge in [0, 0.05) is 36.3 Å². The summed E-state index contributed by atoms with van der Waals surface area (Å²) in [6, 6.07) is 18.2. The highest BCUT2D eigenvalue weighted by Gasteiger charge is 2.32. The van der Waals surface area contributed by atoms with Crippen LogP contribution >= 0.6 is 15.9 Å². The predicted octanol–water partition coefficient (Wildman–Crippen LogP) is 5.32. The van der Waals surface area contributed by atoms with E-state index in [9.17, 15) is 26.4 Å². The first-order chi connectivity index (χ1) is 17.4. The lowest BCUT2D eigenvalue weighted by atomic mass is 10.1. The van der Waals surface area contributed by atoms with Crippen molar-refractivity contribution in [1.82, 2.24) is 4.90 Å². The molecule has 0 saturated carbocycles. The number of benzene rings is 3. The lowest BCUT2D eigenvalue weighted by Crippen LogP contribution is -2.52. The number of alkyl halides is 3. The Labute approximate surface area is 222 Å². The van der Waals surface area contributed by atoms with Crippen molar-refractivity contribution in [3.63, 3.8) is 0 Å². The van der Waals surface area contributed by atoms with Gasteiger partial charge in [0.25, 0.3) is 10.0 Å². The topological polar surface area (TPSA) is 60.9 Å². The first-order valence-corrected chi connectivity index (χ1v) is 13.7. The van der Waals surface area contributed by atoms with E-state index in [1.165, 1.54) is 18.2 Å². The number of rotatable bonds is 6. The Balaban J connectivity index is 1.51. The molecule has 1 amide bonds. The third kappa shape index (κ3) is 6.27. The number of sulfonamides is 1. The Hall–Kier alpha value is -3.05. The maximum absolute atomic E-state index is 13.6. The highest BCUT2D eigenvalue weighted by atomic mass is 79.9. The molecule has 1 heterocycles. The zero-order valence-corrected chi connectivity index (χ0v) is 22.4. The Morgan fingerprint density at radius 2 is 1.59 bits per heavy atom. The minimum Gasteiger partial charge on any atom is -0.368 e. The second kappa shape index (κ2) is 10.7. The molecule has 0 aromatic heterocycles. The van der Waals surface area contributed by atoms with E-state index < -0.39 is 28.3 Å². The molecule has 3 aromatic rings. The van der Waals surface area contributed by atoms with E-state index in [1.54, 1.807) is 52.3 Å². The Morgan fingerprint density at radius 3 is 2.22 bits per heavy atom. The fourth-order valence-electron chi connectivity index (χ4n) is 4.10. The second-order valence-electron chi connectivity index (χ2n) is 8.72. The van der Waals surface area contributed by atoms with Crippen LogP contribution < -0.4 is 9.21 Å². The van der Waals surface area contributed by atoms with Crippen molar-refractivity contribution in [3.05, 3.63) is 88.4 Å². The molecule has 1 fully saturated rings. The molecular weight excluding hydrogens is 571 g/mol. The summed E-state index contributed by atoms with van der Waals surface area (Å²) in [6.45, 7) is 2.61. The number of nitrogens with zero attached hydrogens (tertiary/aromatic N) is 3. The fourth-order valence-corrected chi connectivity index (χ4v) is 5.89. The third-order valence-corrected chi connectivity index (χ3v) is 8.44. The van der Waals surface area contributed by atoms with Gasteiger partial charge in [-0.15, -0.1) is 0 Å². The number of piperazine rings is 1. The van der Waals surface area contributed by atoms with Gasteiger partial charge < -0.3 is 9.80 Å². The first-order valence-electron chi connectivity index (χ1n) is 11.5. The van der Waals surface area contributed by atoms with E-state index in [4.69, 9.17) is 0 Å². The normalized spacial score (nSPS) is 14.5. The largest absolute Gasteiger partial charge is 0.416 e. The molecule has 0 radical (unpaired) electrons. The molecule has 196 valence electrons. The molecule has 11 heteroatoms. The molecule has 0 spiro atoms. The van der Waals surface area contributed by atoms with Crippen LogP contribution in [-0.2, 0) is 21.0 Å². The highest BCUT2D eigenvalue weighted by Crippen LogP contribution is 2.32. The van der Waals surface area contributed by atoms with Crippen LogP contribution in [0.5, 0.6) is 0 Å². The lowest BCUT2D eigenvalue weighted by Gasteiger charge is -2.37. The number of aryl methyl sites for hydroxylation is 1. The van der Waals surface area contributed by atoms with Crippen molar-refractivity contribution in [2.75, 3.05) is 41.9 Å². The molecule has 0 bridgehead atoms. The minimum absolute atomic E-state index is 0.0697. The van der Waals surface area contributed by atoms with Gasteiger partial charge in [0.05, 0.1) is 16.1 Å². The Morgan fingerprint density at radius 1 is 0.946 bits per heavy atom. The van der Waals surface area contributed by atoms with E-state index >= 15 is 0 Å². The first kappa shape index (κ1) is 27.0. The standard InChI is InChI=1S/C26H25BrF3N3O3S/c1-19-8-10-24(11-9-19)37(35,36)33(23-7-3-5-21(27)17-23)18-25(34)32-14-12-31(13-15-32)22-6-2-4-20(16-22)26(28,29)30/h2-11,16-17H,12-15,18H2,1H3. The molecule has 3 aromatic carbocycles. The average Bonchev–Trinajstić information content (AvgIpc) is 2.87.